The summed E-state index contributed by atoms with van der Waals surface area (Å²) in [7, 11) is 1.59. The molecule has 1 aliphatic heterocycles. The Bertz CT molecular complexity index is 782. The van der Waals surface area contributed by atoms with Gasteiger partial charge in [-0.1, -0.05) is 31.2 Å². The van der Waals surface area contributed by atoms with Crippen LogP contribution in [0.2, 0.25) is 0 Å². The van der Waals surface area contributed by atoms with Crippen LogP contribution in [0.15, 0.2) is 48.5 Å². The lowest BCUT2D eigenvalue weighted by molar-refractivity contribution is -0.134. The molecular formula is C22H25NO3. The van der Waals surface area contributed by atoms with Crippen molar-refractivity contribution in [3.8, 4) is 5.75 Å². The molecule has 1 aliphatic rings. The number of benzene rings is 2. The fraction of sp³-hybridized carbons (Fsp3) is 0.364. The van der Waals surface area contributed by atoms with Crippen LogP contribution in [0.25, 0.3) is 0 Å². The molecule has 0 bridgehead atoms. The number of amides is 1. The van der Waals surface area contributed by atoms with Crippen molar-refractivity contribution in [3.63, 3.8) is 0 Å². The summed E-state index contributed by atoms with van der Waals surface area (Å²) < 4.78 is 5.11. The molecule has 0 saturated carbocycles. The zero-order chi connectivity index (χ0) is 18.5. The number of Topliss-reactive ketones (excluding diaryl/α,β-unsaturated/α-hetero) is 1. The summed E-state index contributed by atoms with van der Waals surface area (Å²) in [6.45, 7) is 2.83. The molecule has 1 amide bonds. The lowest BCUT2D eigenvalue weighted by Gasteiger charge is -2.37. The van der Waals surface area contributed by atoms with Crippen LogP contribution in [0.3, 0.4) is 0 Å². The van der Waals surface area contributed by atoms with Crippen molar-refractivity contribution in [1.29, 1.82) is 0 Å². The maximum atomic E-state index is 12.8. The highest BCUT2D eigenvalue weighted by atomic mass is 16.5. The van der Waals surface area contributed by atoms with E-state index in [-0.39, 0.29) is 30.6 Å². The van der Waals surface area contributed by atoms with Crippen LogP contribution in [0.1, 0.15) is 53.7 Å². The number of hydrogen-bond acceptors (Lipinski definition) is 3. The van der Waals surface area contributed by atoms with Gasteiger partial charge in [0.05, 0.1) is 13.2 Å². The molecule has 1 atom stereocenters. The average molecular weight is 351 g/mol. The summed E-state index contributed by atoms with van der Waals surface area (Å²) >= 11 is 0. The van der Waals surface area contributed by atoms with Gasteiger partial charge in [0.2, 0.25) is 5.91 Å². The van der Waals surface area contributed by atoms with E-state index in [1.165, 1.54) is 11.1 Å². The lowest BCUT2D eigenvalue weighted by atomic mass is 9.90. The zero-order valence-corrected chi connectivity index (χ0v) is 15.4. The molecule has 136 valence electrons. The number of methoxy groups -OCH3 is 1. The highest BCUT2D eigenvalue weighted by molar-refractivity contribution is 5.98. The quantitative estimate of drug-likeness (QED) is 0.733. The van der Waals surface area contributed by atoms with Crippen LogP contribution in [0.5, 0.6) is 5.75 Å². The van der Waals surface area contributed by atoms with Gasteiger partial charge in [-0.2, -0.15) is 0 Å². The summed E-state index contributed by atoms with van der Waals surface area (Å²) in [6.07, 6.45) is 2.25. The standard InChI is InChI=1S/C22H25NO3/c1-3-20-19-7-5-4-6-16(19)14-15-23(20)22(25)13-12-21(24)17-8-10-18(26-2)11-9-17/h4-11,20H,3,12-15H2,1-2H3. The smallest absolute Gasteiger partial charge is 0.223 e. The van der Waals surface area contributed by atoms with E-state index in [1.807, 2.05) is 11.0 Å². The van der Waals surface area contributed by atoms with Gasteiger partial charge >= 0.3 is 0 Å². The molecular weight excluding hydrogens is 326 g/mol. The monoisotopic (exact) mass is 351 g/mol. The second-order valence-electron chi connectivity index (χ2n) is 6.61. The Morgan fingerprint density at radius 1 is 1.08 bits per heavy atom. The Labute approximate surface area is 154 Å². The normalized spacial score (nSPS) is 16.1. The fourth-order valence-electron chi connectivity index (χ4n) is 3.68. The van der Waals surface area contributed by atoms with Gasteiger partial charge in [-0.15, -0.1) is 0 Å². The van der Waals surface area contributed by atoms with Crippen LogP contribution in [0.4, 0.5) is 0 Å². The van der Waals surface area contributed by atoms with Crippen molar-refractivity contribution in [3.05, 3.63) is 65.2 Å². The molecule has 0 aromatic heterocycles. The predicted octanol–water partition coefficient (Wildman–Crippen LogP) is 4.19. The average Bonchev–Trinajstić information content (AvgIpc) is 2.70. The van der Waals surface area contributed by atoms with Crippen LogP contribution in [-0.4, -0.2) is 30.2 Å². The van der Waals surface area contributed by atoms with Gasteiger partial charge in [0.1, 0.15) is 5.75 Å². The van der Waals surface area contributed by atoms with Gasteiger partial charge in [-0.3, -0.25) is 9.59 Å². The number of ether oxygens (including phenoxy) is 1. The molecule has 2 aromatic carbocycles. The minimum Gasteiger partial charge on any atom is -0.497 e. The number of fused-ring (bicyclic) bond motifs is 1. The molecule has 4 heteroatoms. The number of carbonyl (C=O) groups is 2. The van der Waals surface area contributed by atoms with E-state index in [9.17, 15) is 9.59 Å². The van der Waals surface area contributed by atoms with E-state index in [0.29, 0.717) is 5.56 Å². The number of hydrogen-bond donors (Lipinski definition) is 0. The molecule has 3 rings (SSSR count). The number of carbonyl (C=O) groups excluding carboxylic acids is 2. The molecule has 26 heavy (non-hydrogen) atoms. The minimum absolute atomic E-state index is 0.00791. The number of nitrogens with zero attached hydrogens (tertiary/aromatic N) is 1. The highest BCUT2D eigenvalue weighted by Crippen LogP contribution is 2.32. The molecule has 0 N–H and O–H groups in total. The first-order chi connectivity index (χ1) is 12.6. The summed E-state index contributed by atoms with van der Waals surface area (Å²) in [4.78, 5) is 27.1. The Hall–Kier alpha value is -2.62. The molecule has 1 unspecified atom stereocenters. The van der Waals surface area contributed by atoms with E-state index in [0.717, 1.165) is 25.1 Å². The van der Waals surface area contributed by atoms with E-state index in [1.54, 1.807) is 31.4 Å². The Kier molecular flexibility index (Phi) is 5.71. The number of ketones is 1. The molecule has 0 fully saturated rings. The third kappa shape index (κ3) is 3.79. The molecule has 0 saturated heterocycles. The summed E-state index contributed by atoms with van der Waals surface area (Å²) in [5.74, 6) is 0.773. The first-order valence-electron chi connectivity index (χ1n) is 9.18. The van der Waals surface area contributed by atoms with Crippen molar-refractivity contribution < 1.29 is 14.3 Å². The summed E-state index contributed by atoms with van der Waals surface area (Å²) in [5, 5.41) is 0. The van der Waals surface area contributed by atoms with Crippen molar-refractivity contribution >= 4 is 11.7 Å². The number of rotatable bonds is 6. The second-order valence-corrected chi connectivity index (χ2v) is 6.61. The van der Waals surface area contributed by atoms with Crippen molar-refractivity contribution in [1.82, 2.24) is 4.90 Å². The third-order valence-corrected chi connectivity index (χ3v) is 5.10. The lowest BCUT2D eigenvalue weighted by Crippen LogP contribution is -2.39. The minimum atomic E-state index is -0.00791. The first kappa shape index (κ1) is 18.2. The maximum absolute atomic E-state index is 12.8. The highest BCUT2D eigenvalue weighted by Gasteiger charge is 2.29. The van der Waals surface area contributed by atoms with E-state index < -0.39 is 0 Å². The zero-order valence-electron chi connectivity index (χ0n) is 15.4. The van der Waals surface area contributed by atoms with E-state index in [4.69, 9.17) is 4.74 Å². The third-order valence-electron chi connectivity index (χ3n) is 5.10. The van der Waals surface area contributed by atoms with Crippen LogP contribution in [0, 0.1) is 0 Å². The largest absolute Gasteiger partial charge is 0.497 e. The molecule has 0 spiro atoms. The van der Waals surface area contributed by atoms with Crippen LogP contribution >= 0.6 is 0 Å². The molecule has 4 nitrogen and oxygen atoms in total. The van der Waals surface area contributed by atoms with Gasteiger partial charge < -0.3 is 9.64 Å². The Balaban J connectivity index is 1.63. The van der Waals surface area contributed by atoms with Gasteiger partial charge in [0.15, 0.2) is 5.78 Å². The Morgan fingerprint density at radius 2 is 1.81 bits per heavy atom. The SMILES string of the molecule is CCC1c2ccccc2CCN1C(=O)CCC(=O)c1ccc(OC)cc1. The maximum Gasteiger partial charge on any atom is 0.223 e. The van der Waals surface area contributed by atoms with E-state index in [2.05, 4.69) is 25.1 Å². The topological polar surface area (TPSA) is 46.6 Å². The first-order valence-corrected chi connectivity index (χ1v) is 9.18. The second kappa shape index (κ2) is 8.17. The van der Waals surface area contributed by atoms with Crippen LogP contribution < -0.4 is 4.74 Å². The summed E-state index contributed by atoms with van der Waals surface area (Å²) in [6, 6.07) is 15.5. The molecule has 0 radical (unpaired) electrons. The van der Waals surface area contributed by atoms with Crippen LogP contribution in [-0.2, 0) is 11.2 Å². The van der Waals surface area contributed by atoms with Gasteiger partial charge in [-0.05, 0) is 48.2 Å². The van der Waals surface area contributed by atoms with Gasteiger partial charge in [0.25, 0.3) is 0 Å². The van der Waals surface area contributed by atoms with Crippen molar-refractivity contribution in [2.24, 2.45) is 0 Å². The predicted molar refractivity (Wildman–Crippen MR) is 101 cm³/mol. The molecule has 2 aromatic rings. The summed E-state index contributed by atoms with van der Waals surface area (Å²) in [5.41, 5.74) is 3.20. The Morgan fingerprint density at radius 3 is 2.50 bits per heavy atom. The fourth-order valence-corrected chi connectivity index (χ4v) is 3.68. The van der Waals surface area contributed by atoms with Crippen molar-refractivity contribution in [2.45, 2.75) is 38.6 Å². The molecule has 1 heterocycles. The van der Waals surface area contributed by atoms with Crippen molar-refractivity contribution in [2.75, 3.05) is 13.7 Å². The van der Waals surface area contributed by atoms with Gasteiger partial charge in [-0.25, -0.2) is 0 Å². The molecule has 0 aliphatic carbocycles. The van der Waals surface area contributed by atoms with Gasteiger partial charge in [0, 0.05) is 24.9 Å². The van der Waals surface area contributed by atoms with E-state index >= 15 is 0 Å².